The zero-order chi connectivity index (χ0) is 24.1. The first-order chi connectivity index (χ1) is 17.0. The summed E-state index contributed by atoms with van der Waals surface area (Å²) in [6.07, 6.45) is 5.22. The smallest absolute Gasteiger partial charge is 0.228 e. The van der Waals surface area contributed by atoms with Crippen LogP contribution in [0, 0.1) is 11.7 Å². The summed E-state index contributed by atoms with van der Waals surface area (Å²) in [6, 6.07) is 3.36. The van der Waals surface area contributed by atoms with Crippen LogP contribution in [-0.2, 0) is 4.74 Å². The number of β-amino-alcohol motifs (C(OH)–C–C–N with tert-alkyl or cyclic N) is 1. The largest absolute Gasteiger partial charge is 0.396 e. The van der Waals surface area contributed by atoms with E-state index >= 15 is 4.39 Å². The number of benzene rings is 1. The lowest BCUT2D eigenvalue weighted by Crippen LogP contribution is -2.45. The molecule has 0 spiro atoms. The monoisotopic (exact) mass is 481 g/mol. The van der Waals surface area contributed by atoms with Crippen molar-refractivity contribution in [2.45, 2.75) is 44.4 Å². The fourth-order valence-electron chi connectivity index (χ4n) is 5.17. The molecule has 11 heteroatoms. The minimum Gasteiger partial charge on any atom is -0.396 e. The number of piperidine rings is 1. The topological polar surface area (TPSA) is 125 Å². The zero-order valence-corrected chi connectivity index (χ0v) is 19.4. The van der Waals surface area contributed by atoms with Crippen LogP contribution >= 0.6 is 0 Å². The molecule has 6 rings (SSSR count). The van der Waals surface area contributed by atoms with Crippen molar-refractivity contribution >= 4 is 28.1 Å². The van der Waals surface area contributed by atoms with Gasteiger partial charge in [-0.25, -0.2) is 19.3 Å². The molecule has 1 aromatic carbocycles. The minimum absolute atomic E-state index is 0.0507. The summed E-state index contributed by atoms with van der Waals surface area (Å²) in [4.78, 5) is 23.1. The summed E-state index contributed by atoms with van der Waals surface area (Å²) >= 11 is 0. The van der Waals surface area contributed by atoms with E-state index in [1.807, 2.05) is 15.5 Å². The van der Waals surface area contributed by atoms with E-state index in [1.165, 1.54) is 12.4 Å². The molecular weight excluding hydrogens is 453 g/mol. The minimum atomic E-state index is -0.680. The highest BCUT2D eigenvalue weighted by molar-refractivity contribution is 5.91. The number of anilines is 1. The summed E-state index contributed by atoms with van der Waals surface area (Å²) in [5.74, 6) is -0.126. The molecule has 0 unspecified atom stereocenters. The highest BCUT2D eigenvalue weighted by Crippen LogP contribution is 2.33. The molecule has 3 N–H and O–H groups in total. The lowest BCUT2D eigenvalue weighted by molar-refractivity contribution is 0.000143. The third-order valence-electron chi connectivity index (χ3n) is 7.28. The van der Waals surface area contributed by atoms with E-state index in [9.17, 15) is 10.2 Å². The maximum absolute atomic E-state index is 15.5. The van der Waals surface area contributed by atoms with Crippen molar-refractivity contribution in [2.24, 2.45) is 5.92 Å². The van der Waals surface area contributed by atoms with Gasteiger partial charge in [0.2, 0.25) is 5.95 Å². The standard InChI is InChI=1S/C24H28FN7O3/c1-13-2-3-16(10-35-13)32-12-28-18-7-15(6-17(25)22(18)32)20-21-23(27-11-26-21)30-24(29-20)31-5-4-14(9-33)19(34)8-31/h6-7,11-14,16,19,33-34H,2-5,8-10H2,1H3,(H,26,27,29,30)/t13-,14-,16+,19+/m1/s1. The first-order valence-corrected chi connectivity index (χ1v) is 12.0. The predicted molar refractivity (Wildman–Crippen MR) is 127 cm³/mol. The van der Waals surface area contributed by atoms with E-state index in [2.05, 4.69) is 26.9 Å². The van der Waals surface area contributed by atoms with Crippen molar-refractivity contribution < 1.29 is 19.3 Å². The van der Waals surface area contributed by atoms with Gasteiger partial charge in [-0.3, -0.25) is 0 Å². The number of hydrogen-bond acceptors (Lipinski definition) is 8. The number of imidazole rings is 2. The molecule has 0 aliphatic carbocycles. The second-order valence-corrected chi connectivity index (χ2v) is 9.57. The van der Waals surface area contributed by atoms with Gasteiger partial charge in [0.15, 0.2) is 5.65 Å². The van der Waals surface area contributed by atoms with Crippen LogP contribution in [0.2, 0.25) is 0 Å². The lowest BCUT2D eigenvalue weighted by Gasteiger charge is -2.35. The maximum Gasteiger partial charge on any atom is 0.228 e. The Hall–Kier alpha value is -3.15. The first kappa shape index (κ1) is 22.3. The van der Waals surface area contributed by atoms with Gasteiger partial charge in [0.25, 0.3) is 0 Å². The lowest BCUT2D eigenvalue weighted by atomic mass is 9.95. The van der Waals surface area contributed by atoms with Crippen molar-refractivity contribution in [3.05, 3.63) is 30.6 Å². The van der Waals surface area contributed by atoms with Crippen LogP contribution in [0.4, 0.5) is 10.3 Å². The second kappa shape index (κ2) is 8.81. The number of fused-ring (bicyclic) bond motifs is 2. The van der Waals surface area contributed by atoms with Crippen LogP contribution in [0.15, 0.2) is 24.8 Å². The Kier molecular flexibility index (Phi) is 5.62. The Balaban J connectivity index is 1.39. The number of aliphatic hydroxyl groups is 2. The highest BCUT2D eigenvalue weighted by Gasteiger charge is 2.29. The molecule has 5 heterocycles. The number of aliphatic hydroxyl groups excluding tert-OH is 2. The average molecular weight is 482 g/mol. The number of H-pyrrole nitrogens is 1. The predicted octanol–water partition coefficient (Wildman–Crippen LogP) is 2.43. The Morgan fingerprint density at radius 2 is 2.09 bits per heavy atom. The molecule has 2 saturated heterocycles. The third-order valence-corrected chi connectivity index (χ3v) is 7.28. The number of aromatic nitrogens is 6. The van der Waals surface area contributed by atoms with E-state index in [1.54, 1.807) is 6.33 Å². The fraction of sp³-hybridized carbons (Fsp3) is 0.500. The third kappa shape index (κ3) is 3.93. The molecule has 4 aromatic rings. The Bertz CT molecular complexity index is 1360. The van der Waals surface area contributed by atoms with Gasteiger partial charge in [-0.15, -0.1) is 0 Å². The summed E-state index contributed by atoms with van der Waals surface area (Å²) in [6.45, 7) is 3.43. The van der Waals surface area contributed by atoms with E-state index in [0.717, 1.165) is 12.8 Å². The molecule has 0 saturated carbocycles. The zero-order valence-electron chi connectivity index (χ0n) is 19.4. The van der Waals surface area contributed by atoms with Gasteiger partial charge in [-0.05, 0) is 38.3 Å². The van der Waals surface area contributed by atoms with Crippen molar-refractivity contribution in [1.29, 1.82) is 0 Å². The Labute approximate surface area is 200 Å². The maximum atomic E-state index is 15.5. The molecular formula is C24H28FN7O3. The van der Waals surface area contributed by atoms with Gasteiger partial charge in [0.1, 0.15) is 22.5 Å². The number of halogens is 1. The van der Waals surface area contributed by atoms with E-state index in [-0.39, 0.29) is 30.5 Å². The fourth-order valence-corrected chi connectivity index (χ4v) is 5.17. The second-order valence-electron chi connectivity index (χ2n) is 9.57. The Morgan fingerprint density at radius 1 is 1.20 bits per heavy atom. The van der Waals surface area contributed by atoms with E-state index in [0.29, 0.717) is 65.5 Å². The average Bonchev–Trinajstić information content (AvgIpc) is 3.51. The van der Waals surface area contributed by atoms with Crippen LogP contribution < -0.4 is 4.90 Å². The van der Waals surface area contributed by atoms with Crippen LogP contribution in [0.1, 0.15) is 32.2 Å². The van der Waals surface area contributed by atoms with Gasteiger partial charge in [0.05, 0.1) is 43.0 Å². The summed E-state index contributed by atoms with van der Waals surface area (Å²) < 4.78 is 23.2. The number of hydrogen-bond donors (Lipinski definition) is 3. The summed E-state index contributed by atoms with van der Waals surface area (Å²) in [5, 5.41) is 19.9. The molecule has 2 aliphatic heterocycles. The number of nitrogens with one attached hydrogen (secondary N) is 1. The first-order valence-electron chi connectivity index (χ1n) is 12.0. The molecule has 2 aliphatic rings. The molecule has 35 heavy (non-hydrogen) atoms. The number of ether oxygens (including phenoxy) is 1. The van der Waals surface area contributed by atoms with Gasteiger partial charge >= 0.3 is 0 Å². The van der Waals surface area contributed by atoms with Gasteiger partial charge in [-0.2, -0.15) is 4.98 Å². The molecule has 0 radical (unpaired) electrons. The van der Waals surface area contributed by atoms with E-state index < -0.39 is 6.10 Å². The van der Waals surface area contributed by atoms with Crippen LogP contribution in [-0.4, -0.2) is 78.2 Å². The van der Waals surface area contributed by atoms with Crippen LogP contribution in [0.3, 0.4) is 0 Å². The molecule has 10 nitrogen and oxygen atoms in total. The van der Waals surface area contributed by atoms with Crippen LogP contribution in [0.25, 0.3) is 33.5 Å². The Morgan fingerprint density at radius 3 is 2.86 bits per heavy atom. The van der Waals surface area contributed by atoms with Crippen molar-refractivity contribution in [3.8, 4) is 11.3 Å². The number of aromatic amines is 1. The number of nitrogens with zero attached hydrogens (tertiary/aromatic N) is 6. The summed E-state index contributed by atoms with van der Waals surface area (Å²) in [7, 11) is 0. The van der Waals surface area contributed by atoms with Crippen molar-refractivity contribution in [3.63, 3.8) is 0 Å². The quantitative estimate of drug-likeness (QED) is 0.406. The van der Waals surface area contributed by atoms with Crippen LogP contribution in [0.5, 0.6) is 0 Å². The molecule has 3 aromatic heterocycles. The molecule has 0 amide bonds. The van der Waals surface area contributed by atoms with E-state index in [4.69, 9.17) is 9.72 Å². The van der Waals surface area contributed by atoms with Gasteiger partial charge in [0, 0.05) is 31.2 Å². The molecule has 0 bridgehead atoms. The molecule has 184 valence electrons. The van der Waals surface area contributed by atoms with Crippen molar-refractivity contribution in [1.82, 2.24) is 29.5 Å². The normalized spacial score (nSPS) is 25.5. The highest BCUT2D eigenvalue weighted by atomic mass is 19.1. The van der Waals surface area contributed by atoms with Gasteiger partial charge in [-0.1, -0.05) is 0 Å². The SMILES string of the molecule is C[C@@H]1CC[C@H](n2cnc3cc(-c4nc(N5CC[C@H](CO)[C@@H](O)C5)nc5nc[nH]c45)cc(F)c32)CO1. The molecule has 2 fully saturated rings. The number of rotatable bonds is 4. The van der Waals surface area contributed by atoms with Crippen molar-refractivity contribution in [2.75, 3.05) is 31.2 Å². The summed E-state index contributed by atoms with van der Waals surface area (Å²) in [5.41, 5.74) is 3.16. The molecule has 4 atom stereocenters. The van der Waals surface area contributed by atoms with Gasteiger partial charge < -0.3 is 29.4 Å².